The molecule has 0 unspecified atom stereocenters. The third-order valence-corrected chi connectivity index (χ3v) is 6.84. The summed E-state index contributed by atoms with van der Waals surface area (Å²) in [5.74, 6) is 0.419. The second-order valence-corrected chi connectivity index (χ2v) is 8.30. The Balaban J connectivity index is 1.33. The monoisotopic (exact) mass is 376 g/mol. The van der Waals surface area contributed by atoms with Gasteiger partial charge in [0.05, 0.1) is 5.41 Å². The van der Waals surface area contributed by atoms with Crippen molar-refractivity contribution in [3.05, 3.63) is 71.7 Å². The molecule has 1 aliphatic heterocycles. The summed E-state index contributed by atoms with van der Waals surface area (Å²) in [7, 11) is 0. The molecule has 0 radical (unpaired) electrons. The fourth-order valence-corrected chi connectivity index (χ4v) is 5.07. The summed E-state index contributed by atoms with van der Waals surface area (Å²) in [6.45, 7) is 1.56. The number of piperidine rings is 1. The fraction of sp³-hybridized carbons (Fsp3) is 0.375. The molecule has 1 amide bonds. The Kier molecular flexibility index (Phi) is 4.22. The molecule has 0 spiro atoms. The van der Waals surface area contributed by atoms with Crippen LogP contribution in [0.25, 0.3) is 10.9 Å². The third kappa shape index (κ3) is 2.74. The Bertz CT molecular complexity index is 1010. The van der Waals surface area contributed by atoms with Gasteiger partial charge in [0.25, 0.3) is 0 Å². The number of para-hydroxylation sites is 1. The van der Waals surface area contributed by atoms with Gasteiger partial charge in [0, 0.05) is 30.2 Å². The summed E-state index contributed by atoms with van der Waals surface area (Å²) in [5, 5.41) is 1.29. The molecule has 3 nitrogen and oxygen atoms in total. The minimum absolute atomic E-state index is 0.196. The first-order valence-electron chi connectivity index (χ1n) is 10.3. The van der Waals surface area contributed by atoms with E-state index in [2.05, 4.69) is 29.4 Å². The van der Waals surface area contributed by atoms with Gasteiger partial charge in [-0.1, -0.05) is 36.8 Å². The SMILES string of the molecule is O=C(N1CCC(c2c[nH]c3ccccc23)CC1)C1(c2cccc(F)c2)CCC1. The van der Waals surface area contributed by atoms with Crippen LogP contribution >= 0.6 is 0 Å². The van der Waals surface area contributed by atoms with Gasteiger partial charge in [-0.3, -0.25) is 4.79 Å². The first kappa shape index (κ1) is 17.5. The summed E-state index contributed by atoms with van der Waals surface area (Å²) in [5.41, 5.74) is 2.89. The molecular weight excluding hydrogens is 351 g/mol. The van der Waals surface area contributed by atoms with E-state index in [0.717, 1.165) is 50.8 Å². The maximum atomic E-state index is 13.8. The number of carbonyl (C=O) groups excluding carboxylic acids is 1. The Labute approximate surface area is 164 Å². The molecule has 1 aliphatic carbocycles. The Morgan fingerprint density at radius 2 is 1.86 bits per heavy atom. The van der Waals surface area contributed by atoms with E-state index in [-0.39, 0.29) is 11.7 Å². The number of hydrogen-bond acceptors (Lipinski definition) is 1. The van der Waals surface area contributed by atoms with Crippen molar-refractivity contribution in [2.75, 3.05) is 13.1 Å². The van der Waals surface area contributed by atoms with Crippen molar-refractivity contribution >= 4 is 16.8 Å². The van der Waals surface area contributed by atoms with E-state index in [0.29, 0.717) is 5.92 Å². The second kappa shape index (κ2) is 6.77. The largest absolute Gasteiger partial charge is 0.361 e. The van der Waals surface area contributed by atoms with Crippen molar-refractivity contribution in [3.8, 4) is 0 Å². The number of likely N-dealkylation sites (tertiary alicyclic amines) is 1. The first-order chi connectivity index (χ1) is 13.7. The molecule has 28 heavy (non-hydrogen) atoms. The fourth-order valence-electron chi connectivity index (χ4n) is 5.07. The quantitative estimate of drug-likeness (QED) is 0.675. The molecule has 1 saturated carbocycles. The number of hydrogen-bond donors (Lipinski definition) is 1. The van der Waals surface area contributed by atoms with Crippen molar-refractivity contribution in [3.63, 3.8) is 0 Å². The van der Waals surface area contributed by atoms with Crippen LogP contribution in [0.4, 0.5) is 4.39 Å². The number of benzene rings is 2. The molecule has 1 saturated heterocycles. The average Bonchev–Trinajstić information content (AvgIpc) is 3.11. The maximum absolute atomic E-state index is 13.8. The van der Waals surface area contributed by atoms with E-state index in [1.54, 1.807) is 12.1 Å². The topological polar surface area (TPSA) is 36.1 Å². The molecule has 5 rings (SSSR count). The molecule has 2 heterocycles. The zero-order valence-corrected chi connectivity index (χ0v) is 16.0. The van der Waals surface area contributed by atoms with Crippen LogP contribution in [0, 0.1) is 5.82 Å². The predicted molar refractivity (Wildman–Crippen MR) is 109 cm³/mol. The number of nitrogens with zero attached hydrogens (tertiary/aromatic N) is 1. The van der Waals surface area contributed by atoms with Gasteiger partial charge in [-0.15, -0.1) is 0 Å². The number of fused-ring (bicyclic) bond motifs is 1. The predicted octanol–water partition coefficient (Wildman–Crippen LogP) is 5.13. The maximum Gasteiger partial charge on any atom is 0.233 e. The number of halogens is 1. The molecule has 2 fully saturated rings. The molecule has 0 bridgehead atoms. The molecule has 144 valence electrons. The van der Waals surface area contributed by atoms with Crippen LogP contribution in [0.3, 0.4) is 0 Å². The lowest BCUT2D eigenvalue weighted by molar-refractivity contribution is -0.142. The molecule has 4 heteroatoms. The van der Waals surface area contributed by atoms with Gasteiger partial charge in [-0.25, -0.2) is 4.39 Å². The summed E-state index contributed by atoms with van der Waals surface area (Å²) in [6, 6.07) is 15.1. The number of rotatable bonds is 3. The highest BCUT2D eigenvalue weighted by atomic mass is 19.1. The van der Waals surface area contributed by atoms with Crippen molar-refractivity contribution in [2.45, 2.75) is 43.4 Å². The van der Waals surface area contributed by atoms with E-state index in [4.69, 9.17) is 0 Å². The van der Waals surface area contributed by atoms with Gasteiger partial charge in [0.1, 0.15) is 5.82 Å². The van der Waals surface area contributed by atoms with E-state index in [9.17, 15) is 9.18 Å². The molecule has 0 atom stereocenters. The number of carbonyl (C=O) groups is 1. The summed E-state index contributed by atoms with van der Waals surface area (Å²) in [4.78, 5) is 18.8. The van der Waals surface area contributed by atoms with Gasteiger partial charge in [0.15, 0.2) is 0 Å². The molecule has 1 aromatic heterocycles. The minimum atomic E-state index is -0.504. The van der Waals surface area contributed by atoms with Crippen molar-refractivity contribution in [1.29, 1.82) is 0 Å². The number of aromatic nitrogens is 1. The van der Waals surface area contributed by atoms with Gasteiger partial charge < -0.3 is 9.88 Å². The number of amides is 1. The zero-order chi connectivity index (χ0) is 19.1. The Hall–Kier alpha value is -2.62. The second-order valence-electron chi connectivity index (χ2n) is 8.30. The lowest BCUT2D eigenvalue weighted by atomic mass is 9.63. The third-order valence-electron chi connectivity index (χ3n) is 6.84. The lowest BCUT2D eigenvalue weighted by Crippen LogP contribution is -2.52. The lowest BCUT2D eigenvalue weighted by Gasteiger charge is -2.45. The van der Waals surface area contributed by atoms with E-state index < -0.39 is 5.41 Å². The van der Waals surface area contributed by atoms with Gasteiger partial charge in [-0.2, -0.15) is 0 Å². The number of H-pyrrole nitrogens is 1. The minimum Gasteiger partial charge on any atom is -0.361 e. The summed E-state index contributed by atoms with van der Waals surface area (Å²) < 4.78 is 13.8. The van der Waals surface area contributed by atoms with Crippen molar-refractivity contribution in [2.24, 2.45) is 0 Å². The summed E-state index contributed by atoms with van der Waals surface area (Å²) in [6.07, 6.45) is 6.79. The number of nitrogens with one attached hydrogen (secondary N) is 1. The number of aromatic amines is 1. The van der Waals surface area contributed by atoms with Crippen LogP contribution in [-0.4, -0.2) is 28.9 Å². The van der Waals surface area contributed by atoms with Gasteiger partial charge in [0.2, 0.25) is 5.91 Å². The van der Waals surface area contributed by atoms with Crippen molar-refractivity contribution in [1.82, 2.24) is 9.88 Å². The van der Waals surface area contributed by atoms with Crippen LogP contribution in [-0.2, 0) is 10.2 Å². The normalized spacial score (nSPS) is 19.5. The van der Waals surface area contributed by atoms with E-state index >= 15 is 0 Å². The van der Waals surface area contributed by atoms with Crippen LogP contribution in [0.5, 0.6) is 0 Å². The van der Waals surface area contributed by atoms with Gasteiger partial charge in [-0.05, 0) is 60.9 Å². The molecule has 2 aromatic carbocycles. The molecule has 3 aromatic rings. The van der Waals surface area contributed by atoms with Gasteiger partial charge >= 0.3 is 0 Å². The van der Waals surface area contributed by atoms with E-state index in [1.807, 2.05) is 17.0 Å². The summed E-state index contributed by atoms with van der Waals surface area (Å²) >= 11 is 0. The van der Waals surface area contributed by atoms with Crippen LogP contribution in [0.15, 0.2) is 54.7 Å². The molecule has 2 aliphatic rings. The van der Waals surface area contributed by atoms with Crippen LogP contribution in [0.2, 0.25) is 0 Å². The van der Waals surface area contributed by atoms with Crippen LogP contribution in [0.1, 0.15) is 49.1 Å². The Morgan fingerprint density at radius 3 is 2.57 bits per heavy atom. The first-order valence-corrected chi connectivity index (χ1v) is 10.3. The highest BCUT2D eigenvalue weighted by Gasteiger charge is 2.48. The highest BCUT2D eigenvalue weighted by molar-refractivity contribution is 5.89. The Morgan fingerprint density at radius 1 is 1.07 bits per heavy atom. The zero-order valence-electron chi connectivity index (χ0n) is 16.0. The van der Waals surface area contributed by atoms with E-state index in [1.165, 1.54) is 22.5 Å². The smallest absolute Gasteiger partial charge is 0.233 e. The average molecular weight is 376 g/mol. The van der Waals surface area contributed by atoms with Crippen molar-refractivity contribution < 1.29 is 9.18 Å². The molecule has 1 N–H and O–H groups in total. The standard InChI is InChI=1S/C24H25FN2O/c25-19-6-3-5-18(15-19)24(11-4-12-24)23(28)27-13-9-17(10-14-27)21-16-26-22-8-2-1-7-20(21)22/h1-3,5-8,15-17,26H,4,9-14H2. The van der Waals surface area contributed by atoms with Crippen LogP contribution < -0.4 is 0 Å². The highest BCUT2D eigenvalue weighted by Crippen LogP contribution is 2.46. The molecular formula is C24H25FN2O.